The van der Waals surface area contributed by atoms with Crippen LogP contribution in [0.1, 0.15) is 34.1 Å². The van der Waals surface area contributed by atoms with Gasteiger partial charge in [-0.2, -0.15) is 0 Å². The summed E-state index contributed by atoms with van der Waals surface area (Å²) in [4.78, 5) is 22.9. The average Bonchev–Trinajstić information content (AvgIpc) is 3.25. The number of nitrogens with zero attached hydrogens (tertiary/aromatic N) is 4. The Hall–Kier alpha value is -3.09. The maximum Gasteiger partial charge on any atom is 0.254 e. The SMILES string of the molecule is CCN(Cc1ccc(CN(C)C)cc1)C(=O)c1ccc(SCc2cn3ccccc3n2)cc1. The Labute approximate surface area is 200 Å². The zero-order chi connectivity index (χ0) is 23.2. The van der Waals surface area contributed by atoms with E-state index in [0.717, 1.165) is 39.7 Å². The van der Waals surface area contributed by atoms with Gasteiger partial charge in [-0.3, -0.25) is 4.79 Å². The largest absolute Gasteiger partial charge is 0.335 e. The monoisotopic (exact) mass is 458 g/mol. The van der Waals surface area contributed by atoms with Crippen molar-refractivity contribution in [3.8, 4) is 0 Å². The number of imidazole rings is 1. The molecule has 0 N–H and O–H groups in total. The minimum Gasteiger partial charge on any atom is -0.335 e. The molecular formula is C27H30N4OS. The summed E-state index contributed by atoms with van der Waals surface area (Å²) in [5.74, 6) is 0.853. The van der Waals surface area contributed by atoms with Crippen LogP contribution in [0.15, 0.2) is 84.0 Å². The number of aromatic nitrogens is 2. The number of pyridine rings is 1. The first-order chi connectivity index (χ1) is 16.0. The number of thioether (sulfide) groups is 1. The van der Waals surface area contributed by atoms with E-state index in [1.54, 1.807) is 11.8 Å². The highest BCUT2D eigenvalue weighted by Crippen LogP contribution is 2.23. The van der Waals surface area contributed by atoms with Crippen LogP contribution in [0.4, 0.5) is 0 Å². The molecular weight excluding hydrogens is 428 g/mol. The Morgan fingerprint density at radius 2 is 1.64 bits per heavy atom. The molecule has 2 aromatic heterocycles. The minimum absolute atomic E-state index is 0.0618. The third kappa shape index (κ3) is 6.03. The zero-order valence-corrected chi connectivity index (χ0v) is 20.3. The summed E-state index contributed by atoms with van der Waals surface area (Å²) in [5, 5.41) is 0. The third-order valence-corrected chi connectivity index (χ3v) is 6.51. The summed E-state index contributed by atoms with van der Waals surface area (Å²) in [6, 6.07) is 22.4. The van der Waals surface area contributed by atoms with Gasteiger partial charge in [0.05, 0.1) is 5.69 Å². The quantitative estimate of drug-likeness (QED) is 0.317. The number of carbonyl (C=O) groups excluding carboxylic acids is 1. The van der Waals surface area contributed by atoms with E-state index < -0.39 is 0 Å². The van der Waals surface area contributed by atoms with E-state index >= 15 is 0 Å². The van der Waals surface area contributed by atoms with Gasteiger partial charge in [-0.05, 0) is 68.5 Å². The standard InChI is InChI=1S/C27H30N4OS/c1-4-30(18-22-10-8-21(9-11-22)17-29(2)3)27(32)23-12-14-25(15-13-23)33-20-24-19-31-16-6-5-7-26(31)28-24/h5-16,19H,4,17-18,20H2,1-3H3. The molecule has 0 fully saturated rings. The van der Waals surface area contributed by atoms with Crippen LogP contribution in [0.25, 0.3) is 5.65 Å². The first-order valence-electron chi connectivity index (χ1n) is 11.2. The van der Waals surface area contributed by atoms with Gasteiger partial charge in [0.15, 0.2) is 0 Å². The normalized spacial score (nSPS) is 11.3. The lowest BCUT2D eigenvalue weighted by atomic mass is 10.1. The molecule has 0 aliphatic rings. The van der Waals surface area contributed by atoms with E-state index in [1.165, 1.54) is 5.56 Å². The molecule has 6 heteroatoms. The van der Waals surface area contributed by atoms with E-state index in [1.807, 2.05) is 64.9 Å². The Balaban J connectivity index is 1.35. The van der Waals surface area contributed by atoms with E-state index in [-0.39, 0.29) is 5.91 Å². The molecule has 0 bridgehead atoms. The fourth-order valence-corrected chi connectivity index (χ4v) is 4.54. The van der Waals surface area contributed by atoms with E-state index in [9.17, 15) is 4.79 Å². The lowest BCUT2D eigenvalue weighted by Crippen LogP contribution is -2.30. The van der Waals surface area contributed by atoms with Crippen molar-refractivity contribution >= 4 is 23.3 Å². The van der Waals surface area contributed by atoms with Crippen molar-refractivity contribution in [2.45, 2.75) is 30.7 Å². The highest BCUT2D eigenvalue weighted by molar-refractivity contribution is 7.98. The molecule has 0 unspecified atom stereocenters. The van der Waals surface area contributed by atoms with Gasteiger partial charge in [0.1, 0.15) is 5.65 Å². The van der Waals surface area contributed by atoms with Crippen molar-refractivity contribution in [2.75, 3.05) is 20.6 Å². The summed E-state index contributed by atoms with van der Waals surface area (Å²) >= 11 is 1.73. The lowest BCUT2D eigenvalue weighted by Gasteiger charge is -2.21. The number of fused-ring (bicyclic) bond motifs is 1. The predicted molar refractivity (Wildman–Crippen MR) is 135 cm³/mol. The second kappa shape index (κ2) is 10.7. The Bertz CT molecular complexity index is 1170. The molecule has 2 heterocycles. The summed E-state index contributed by atoms with van der Waals surface area (Å²) in [6.45, 7) is 4.22. The Kier molecular flexibility index (Phi) is 7.47. The molecule has 0 saturated carbocycles. The van der Waals surface area contributed by atoms with Gasteiger partial charge in [-0.15, -0.1) is 11.8 Å². The van der Waals surface area contributed by atoms with Gasteiger partial charge in [-0.25, -0.2) is 4.98 Å². The number of hydrogen-bond donors (Lipinski definition) is 0. The molecule has 0 aliphatic carbocycles. The van der Waals surface area contributed by atoms with Gasteiger partial charge in [-0.1, -0.05) is 30.3 Å². The van der Waals surface area contributed by atoms with Crippen molar-refractivity contribution in [3.05, 3.63) is 102 Å². The van der Waals surface area contributed by atoms with Crippen LogP contribution >= 0.6 is 11.8 Å². The molecule has 4 rings (SSSR count). The number of carbonyl (C=O) groups is 1. The number of rotatable bonds is 9. The predicted octanol–water partition coefficient (Wildman–Crippen LogP) is 5.35. The van der Waals surface area contributed by atoms with Crippen LogP contribution in [0.5, 0.6) is 0 Å². The topological polar surface area (TPSA) is 40.9 Å². The molecule has 0 aliphatic heterocycles. The average molecular weight is 459 g/mol. The second-order valence-electron chi connectivity index (χ2n) is 8.39. The van der Waals surface area contributed by atoms with Crippen LogP contribution in [-0.2, 0) is 18.8 Å². The maximum atomic E-state index is 13.1. The lowest BCUT2D eigenvalue weighted by molar-refractivity contribution is 0.0752. The molecule has 0 saturated heterocycles. The van der Waals surface area contributed by atoms with E-state index in [0.29, 0.717) is 13.1 Å². The van der Waals surface area contributed by atoms with Crippen molar-refractivity contribution in [1.82, 2.24) is 19.2 Å². The minimum atomic E-state index is 0.0618. The van der Waals surface area contributed by atoms with Crippen molar-refractivity contribution in [1.29, 1.82) is 0 Å². The molecule has 5 nitrogen and oxygen atoms in total. The highest BCUT2D eigenvalue weighted by Gasteiger charge is 2.15. The molecule has 33 heavy (non-hydrogen) atoms. The van der Waals surface area contributed by atoms with Crippen molar-refractivity contribution < 1.29 is 4.79 Å². The van der Waals surface area contributed by atoms with Gasteiger partial charge in [0.25, 0.3) is 5.91 Å². The van der Waals surface area contributed by atoms with Crippen LogP contribution in [0, 0.1) is 0 Å². The van der Waals surface area contributed by atoms with Crippen LogP contribution in [0.2, 0.25) is 0 Å². The van der Waals surface area contributed by atoms with E-state index in [2.05, 4.69) is 54.4 Å². The van der Waals surface area contributed by atoms with E-state index in [4.69, 9.17) is 0 Å². The first kappa shape index (κ1) is 23.1. The van der Waals surface area contributed by atoms with Gasteiger partial charge < -0.3 is 14.2 Å². The first-order valence-corrected chi connectivity index (χ1v) is 12.2. The second-order valence-corrected chi connectivity index (χ2v) is 9.43. The molecule has 2 aromatic carbocycles. The maximum absolute atomic E-state index is 13.1. The summed E-state index contributed by atoms with van der Waals surface area (Å²) in [5.41, 5.74) is 5.14. The van der Waals surface area contributed by atoms with Crippen LogP contribution in [-0.4, -0.2) is 45.7 Å². The fourth-order valence-electron chi connectivity index (χ4n) is 3.75. The fraction of sp³-hybridized carbons (Fsp3) is 0.259. The molecule has 0 radical (unpaired) electrons. The zero-order valence-electron chi connectivity index (χ0n) is 19.4. The van der Waals surface area contributed by atoms with Crippen LogP contribution in [0.3, 0.4) is 0 Å². The third-order valence-electron chi connectivity index (χ3n) is 5.47. The van der Waals surface area contributed by atoms with Crippen molar-refractivity contribution in [3.63, 3.8) is 0 Å². The molecule has 0 spiro atoms. The molecule has 170 valence electrons. The molecule has 0 atom stereocenters. The van der Waals surface area contributed by atoms with Crippen LogP contribution < -0.4 is 0 Å². The molecule has 1 amide bonds. The summed E-state index contributed by atoms with van der Waals surface area (Å²) in [7, 11) is 4.13. The van der Waals surface area contributed by atoms with Crippen molar-refractivity contribution in [2.24, 2.45) is 0 Å². The smallest absolute Gasteiger partial charge is 0.254 e. The van der Waals surface area contributed by atoms with Gasteiger partial charge >= 0.3 is 0 Å². The Morgan fingerprint density at radius 1 is 0.939 bits per heavy atom. The highest BCUT2D eigenvalue weighted by atomic mass is 32.2. The Morgan fingerprint density at radius 3 is 2.27 bits per heavy atom. The number of amides is 1. The van der Waals surface area contributed by atoms with Gasteiger partial charge in [0, 0.05) is 48.2 Å². The summed E-state index contributed by atoms with van der Waals surface area (Å²) < 4.78 is 2.03. The number of hydrogen-bond acceptors (Lipinski definition) is 4. The number of benzene rings is 2. The molecule has 4 aromatic rings. The van der Waals surface area contributed by atoms with Gasteiger partial charge in [0.2, 0.25) is 0 Å². The summed E-state index contributed by atoms with van der Waals surface area (Å²) in [6.07, 6.45) is 4.07.